The Hall–Kier alpha value is -0.570. The topological polar surface area (TPSA) is 103 Å². The molecule has 0 bridgehead atoms. The van der Waals surface area contributed by atoms with E-state index >= 15 is 0 Å². The van der Waals surface area contributed by atoms with Crippen molar-refractivity contribution in [3.63, 3.8) is 0 Å². The van der Waals surface area contributed by atoms with Gasteiger partial charge in [-0.25, -0.2) is 4.98 Å². The van der Waals surface area contributed by atoms with Gasteiger partial charge < -0.3 is 20.1 Å². The lowest BCUT2D eigenvalue weighted by atomic mass is 9.92. The van der Waals surface area contributed by atoms with Crippen LogP contribution >= 0.6 is 11.6 Å². The monoisotopic (exact) mass is 361 g/mol. The zero-order valence-electron chi connectivity index (χ0n) is 14.1. The number of pyridine rings is 1. The van der Waals surface area contributed by atoms with Crippen molar-refractivity contribution in [2.45, 2.75) is 50.5 Å². The maximum Gasteiger partial charge on any atom is 0.171 e. The maximum absolute atomic E-state index is 12.5. The molecular weight excluding hydrogens is 338 g/mol. The SMILES string of the molecule is CC(O)(CN)c1cc2c(c(Cl)n1)OCC2(C)N[S+]([O-])C(C)(C)C. The second-order valence-corrected chi connectivity index (χ2v) is 9.58. The molecule has 0 fully saturated rings. The average molecular weight is 362 g/mol. The Morgan fingerprint density at radius 3 is 2.65 bits per heavy atom. The van der Waals surface area contributed by atoms with E-state index in [2.05, 4.69) is 9.71 Å². The third-order valence-corrected chi connectivity index (χ3v) is 5.86. The highest BCUT2D eigenvalue weighted by molar-refractivity contribution is 7.90. The average Bonchev–Trinajstić information content (AvgIpc) is 2.76. The van der Waals surface area contributed by atoms with Gasteiger partial charge in [0, 0.05) is 23.5 Å². The summed E-state index contributed by atoms with van der Waals surface area (Å²) >= 11 is 4.91. The maximum atomic E-state index is 12.5. The second kappa shape index (κ2) is 6.06. The number of nitrogens with two attached hydrogens (primary N) is 1. The molecule has 2 rings (SSSR count). The van der Waals surface area contributed by atoms with E-state index in [1.807, 2.05) is 27.7 Å². The van der Waals surface area contributed by atoms with Gasteiger partial charge >= 0.3 is 0 Å². The van der Waals surface area contributed by atoms with Crippen LogP contribution in [0.5, 0.6) is 5.75 Å². The van der Waals surface area contributed by atoms with E-state index in [0.29, 0.717) is 11.4 Å². The number of fused-ring (bicyclic) bond motifs is 1. The molecule has 130 valence electrons. The van der Waals surface area contributed by atoms with E-state index in [0.717, 1.165) is 5.56 Å². The molecule has 4 N–H and O–H groups in total. The lowest BCUT2D eigenvalue weighted by Gasteiger charge is -2.31. The molecule has 2 heterocycles. The van der Waals surface area contributed by atoms with Crippen LogP contribution in [0, 0.1) is 0 Å². The number of aromatic nitrogens is 1. The van der Waals surface area contributed by atoms with E-state index in [9.17, 15) is 9.66 Å². The minimum absolute atomic E-state index is 0.00797. The van der Waals surface area contributed by atoms with Crippen molar-refractivity contribution in [3.05, 3.63) is 22.5 Å². The van der Waals surface area contributed by atoms with Gasteiger partial charge in [0.2, 0.25) is 0 Å². The highest BCUT2D eigenvalue weighted by atomic mass is 35.5. The minimum atomic E-state index is -1.30. The van der Waals surface area contributed by atoms with Gasteiger partial charge in [-0.1, -0.05) is 11.6 Å². The zero-order chi connectivity index (χ0) is 17.6. The van der Waals surface area contributed by atoms with Crippen molar-refractivity contribution in [1.29, 1.82) is 0 Å². The highest BCUT2D eigenvalue weighted by Gasteiger charge is 2.45. The summed E-state index contributed by atoms with van der Waals surface area (Å²) in [6.07, 6.45) is 0. The van der Waals surface area contributed by atoms with Gasteiger partial charge in [-0.05, 0) is 40.7 Å². The quantitative estimate of drug-likeness (QED) is 0.555. The molecule has 8 heteroatoms. The number of ether oxygens (including phenoxy) is 1. The first-order valence-corrected chi connectivity index (χ1v) is 8.90. The molecule has 1 aliphatic rings. The Kier molecular flexibility index (Phi) is 4.94. The smallest absolute Gasteiger partial charge is 0.171 e. The molecule has 6 nitrogen and oxygen atoms in total. The molecule has 1 aliphatic heterocycles. The summed E-state index contributed by atoms with van der Waals surface area (Å²) in [4.78, 5) is 4.19. The van der Waals surface area contributed by atoms with Crippen molar-refractivity contribution in [2.75, 3.05) is 13.2 Å². The number of hydrogen-bond acceptors (Lipinski definition) is 6. The number of rotatable bonds is 4. The molecule has 0 saturated heterocycles. The predicted octanol–water partition coefficient (Wildman–Crippen LogP) is 1.56. The largest absolute Gasteiger partial charge is 0.598 e. The summed E-state index contributed by atoms with van der Waals surface area (Å²) in [5, 5.41) is 10.5. The lowest BCUT2D eigenvalue weighted by Crippen LogP contribution is -2.50. The van der Waals surface area contributed by atoms with E-state index in [1.54, 1.807) is 13.0 Å². The molecule has 23 heavy (non-hydrogen) atoms. The van der Waals surface area contributed by atoms with Gasteiger partial charge in [-0.3, -0.25) is 0 Å². The van der Waals surface area contributed by atoms with Crippen LogP contribution in [0.25, 0.3) is 0 Å². The van der Waals surface area contributed by atoms with E-state index in [-0.39, 0.29) is 18.3 Å². The van der Waals surface area contributed by atoms with Crippen LogP contribution in [0.3, 0.4) is 0 Å². The Labute approximate surface area is 145 Å². The van der Waals surface area contributed by atoms with Gasteiger partial charge in [0.1, 0.15) is 22.5 Å². The van der Waals surface area contributed by atoms with E-state index < -0.39 is 27.2 Å². The standard InChI is InChI=1S/C15H24ClN3O3S/c1-13(2,3)23(21)19-14(4)8-22-11-9(14)6-10(18-12(11)16)15(5,20)7-17/h6,19-20H,7-8,17H2,1-5H3. The number of halogens is 1. The van der Waals surface area contributed by atoms with Crippen LogP contribution in [-0.2, 0) is 22.5 Å². The van der Waals surface area contributed by atoms with Crippen LogP contribution in [0.1, 0.15) is 45.9 Å². The first-order chi connectivity index (χ1) is 10.4. The molecule has 0 spiro atoms. The van der Waals surface area contributed by atoms with Crippen molar-refractivity contribution >= 4 is 23.0 Å². The Morgan fingerprint density at radius 1 is 1.52 bits per heavy atom. The second-order valence-electron chi connectivity index (χ2n) is 7.26. The summed E-state index contributed by atoms with van der Waals surface area (Å²) in [7, 11) is 0. The van der Waals surface area contributed by atoms with Crippen LogP contribution in [0.15, 0.2) is 6.07 Å². The Morgan fingerprint density at radius 2 is 2.13 bits per heavy atom. The Balaban J connectivity index is 2.45. The van der Waals surface area contributed by atoms with Gasteiger partial charge in [-0.15, -0.1) is 4.72 Å². The predicted molar refractivity (Wildman–Crippen MR) is 91.8 cm³/mol. The lowest BCUT2D eigenvalue weighted by molar-refractivity contribution is 0.0621. The van der Waals surface area contributed by atoms with E-state index in [4.69, 9.17) is 22.1 Å². The first kappa shape index (κ1) is 18.8. The summed E-state index contributed by atoms with van der Waals surface area (Å²) in [6, 6.07) is 1.72. The fraction of sp³-hybridized carbons (Fsp3) is 0.667. The van der Waals surface area contributed by atoms with Crippen molar-refractivity contribution in [2.24, 2.45) is 5.73 Å². The van der Waals surface area contributed by atoms with Gasteiger partial charge in [-0.2, -0.15) is 0 Å². The summed E-state index contributed by atoms with van der Waals surface area (Å²) < 4.78 is 20.8. The number of hydrogen-bond donors (Lipinski definition) is 3. The van der Waals surface area contributed by atoms with Crippen molar-refractivity contribution in [3.8, 4) is 5.75 Å². The zero-order valence-corrected chi connectivity index (χ0v) is 15.6. The fourth-order valence-electron chi connectivity index (χ4n) is 2.17. The molecule has 0 aliphatic carbocycles. The fourth-order valence-corrected chi connectivity index (χ4v) is 3.30. The summed E-state index contributed by atoms with van der Waals surface area (Å²) in [6.45, 7) is 9.42. The number of nitrogens with zero attached hydrogens (tertiary/aromatic N) is 1. The molecule has 3 unspecified atom stereocenters. The van der Waals surface area contributed by atoms with Crippen molar-refractivity contribution < 1.29 is 14.4 Å². The molecule has 0 aromatic carbocycles. The van der Waals surface area contributed by atoms with Crippen LogP contribution < -0.4 is 15.2 Å². The minimum Gasteiger partial charge on any atom is -0.598 e. The van der Waals surface area contributed by atoms with Crippen LogP contribution in [-0.4, -0.2) is 32.5 Å². The number of nitrogens with one attached hydrogen (secondary N) is 1. The molecular formula is C15H24ClN3O3S. The molecule has 1 aromatic rings. The molecule has 0 radical (unpaired) electrons. The Bertz CT molecular complexity index is 606. The molecule has 1 aromatic heterocycles. The normalized spacial score (nSPS) is 24.7. The van der Waals surface area contributed by atoms with Gasteiger partial charge in [0.25, 0.3) is 0 Å². The van der Waals surface area contributed by atoms with Gasteiger partial charge in [0.05, 0.1) is 5.69 Å². The molecule has 0 saturated carbocycles. The third-order valence-electron chi connectivity index (χ3n) is 3.85. The van der Waals surface area contributed by atoms with Gasteiger partial charge in [0.15, 0.2) is 10.9 Å². The molecule has 0 amide bonds. The summed E-state index contributed by atoms with van der Waals surface area (Å²) in [5.41, 5.74) is 4.70. The third kappa shape index (κ3) is 3.60. The summed E-state index contributed by atoms with van der Waals surface area (Å²) in [5.74, 6) is 0.448. The van der Waals surface area contributed by atoms with Crippen LogP contribution in [0.2, 0.25) is 5.15 Å². The van der Waals surface area contributed by atoms with Crippen LogP contribution in [0.4, 0.5) is 0 Å². The highest BCUT2D eigenvalue weighted by Crippen LogP contribution is 2.43. The van der Waals surface area contributed by atoms with Crippen molar-refractivity contribution in [1.82, 2.24) is 9.71 Å². The van der Waals surface area contributed by atoms with E-state index in [1.165, 1.54) is 0 Å². The first-order valence-electron chi connectivity index (χ1n) is 7.37. The number of aliphatic hydroxyl groups is 1. The molecule has 3 atom stereocenters.